The van der Waals surface area contributed by atoms with Gasteiger partial charge in [-0.2, -0.15) is 0 Å². The number of carbonyl (C=O) groups is 1. The molecule has 0 aliphatic heterocycles. The summed E-state index contributed by atoms with van der Waals surface area (Å²) >= 11 is 1.60. The van der Waals surface area contributed by atoms with Crippen molar-refractivity contribution in [2.24, 2.45) is 0 Å². The Morgan fingerprint density at radius 3 is 2.14 bits per heavy atom. The van der Waals surface area contributed by atoms with Gasteiger partial charge < -0.3 is 0 Å². The minimum absolute atomic E-state index is 0.190. The summed E-state index contributed by atoms with van der Waals surface area (Å²) in [4.78, 5) is 13.3. The van der Waals surface area contributed by atoms with E-state index in [-0.39, 0.29) is 5.78 Å². The second-order valence-corrected chi connectivity index (χ2v) is 6.53. The van der Waals surface area contributed by atoms with Crippen molar-refractivity contribution in [3.63, 3.8) is 0 Å². The number of rotatable bonds is 6. The smallest absolute Gasteiger partial charge is 0.173 e. The number of hydrogen-bond acceptors (Lipinski definition) is 2. The molecule has 0 aliphatic rings. The standard InChI is InChI=1S/C19H22OS/c1-4-15-5-7-17(8-6-15)19(20)13-21-18-11-9-16(10-12-18)14(2)3/h5-12,14H,4,13H2,1-3H3. The first-order valence-electron chi connectivity index (χ1n) is 7.45. The average molecular weight is 298 g/mol. The molecular weight excluding hydrogens is 276 g/mol. The summed E-state index contributed by atoms with van der Waals surface area (Å²) in [6.07, 6.45) is 1.01. The number of benzene rings is 2. The maximum atomic E-state index is 12.2. The Bertz CT molecular complexity index is 582. The molecule has 0 fully saturated rings. The molecule has 1 nitrogen and oxygen atoms in total. The molecule has 0 N–H and O–H groups in total. The van der Waals surface area contributed by atoms with Gasteiger partial charge in [-0.05, 0) is 35.6 Å². The van der Waals surface area contributed by atoms with Gasteiger partial charge in [-0.15, -0.1) is 11.8 Å². The van der Waals surface area contributed by atoms with E-state index in [0.29, 0.717) is 11.7 Å². The van der Waals surface area contributed by atoms with Crippen LogP contribution in [0.4, 0.5) is 0 Å². The summed E-state index contributed by atoms with van der Waals surface area (Å²) < 4.78 is 0. The number of carbonyl (C=O) groups excluding carboxylic acids is 1. The molecule has 2 heteroatoms. The van der Waals surface area contributed by atoms with Gasteiger partial charge in [-0.3, -0.25) is 4.79 Å². The molecule has 0 aromatic heterocycles. The molecule has 2 aromatic carbocycles. The van der Waals surface area contributed by atoms with Crippen molar-refractivity contribution in [3.05, 3.63) is 65.2 Å². The number of thioether (sulfide) groups is 1. The minimum Gasteiger partial charge on any atom is -0.293 e. The van der Waals surface area contributed by atoms with Crippen LogP contribution < -0.4 is 0 Å². The molecular formula is C19H22OS. The predicted molar refractivity (Wildman–Crippen MR) is 91.4 cm³/mol. The summed E-state index contributed by atoms with van der Waals surface area (Å²) in [5.41, 5.74) is 3.41. The molecule has 2 rings (SSSR count). The van der Waals surface area contributed by atoms with E-state index in [1.54, 1.807) is 11.8 Å². The van der Waals surface area contributed by atoms with Gasteiger partial charge in [0.15, 0.2) is 5.78 Å². The fourth-order valence-corrected chi connectivity index (χ4v) is 2.90. The molecule has 0 saturated carbocycles. The topological polar surface area (TPSA) is 17.1 Å². The average Bonchev–Trinajstić information content (AvgIpc) is 2.53. The van der Waals surface area contributed by atoms with Gasteiger partial charge in [-0.1, -0.05) is 57.2 Å². The monoisotopic (exact) mass is 298 g/mol. The van der Waals surface area contributed by atoms with Gasteiger partial charge >= 0.3 is 0 Å². The molecule has 0 radical (unpaired) electrons. The van der Waals surface area contributed by atoms with Crippen LogP contribution in [0.5, 0.6) is 0 Å². The predicted octanol–water partition coefficient (Wildman–Crippen LogP) is 5.35. The third-order valence-electron chi connectivity index (χ3n) is 3.60. The van der Waals surface area contributed by atoms with Gasteiger partial charge in [0, 0.05) is 10.5 Å². The molecule has 0 saturated heterocycles. The molecule has 0 atom stereocenters. The molecule has 0 spiro atoms. The van der Waals surface area contributed by atoms with Crippen molar-refractivity contribution in [1.82, 2.24) is 0 Å². The lowest BCUT2D eigenvalue weighted by molar-refractivity contribution is 0.102. The third-order valence-corrected chi connectivity index (χ3v) is 4.61. The van der Waals surface area contributed by atoms with Crippen LogP contribution in [0.3, 0.4) is 0 Å². The van der Waals surface area contributed by atoms with E-state index >= 15 is 0 Å². The Morgan fingerprint density at radius 1 is 1.00 bits per heavy atom. The first kappa shape index (κ1) is 15.8. The molecule has 0 heterocycles. The molecule has 0 unspecified atom stereocenters. The van der Waals surface area contributed by atoms with Crippen LogP contribution in [0, 0.1) is 0 Å². The van der Waals surface area contributed by atoms with Crippen molar-refractivity contribution in [2.45, 2.75) is 38.0 Å². The van der Waals surface area contributed by atoms with Gasteiger partial charge in [-0.25, -0.2) is 0 Å². The fraction of sp³-hybridized carbons (Fsp3) is 0.316. The number of ketones is 1. The summed E-state index contributed by atoms with van der Waals surface area (Å²) in [6, 6.07) is 16.4. The second-order valence-electron chi connectivity index (χ2n) is 5.49. The minimum atomic E-state index is 0.190. The highest BCUT2D eigenvalue weighted by Crippen LogP contribution is 2.22. The van der Waals surface area contributed by atoms with Crippen molar-refractivity contribution in [1.29, 1.82) is 0 Å². The lowest BCUT2D eigenvalue weighted by Crippen LogP contribution is -2.02. The number of hydrogen-bond donors (Lipinski definition) is 0. The first-order chi connectivity index (χ1) is 10.1. The highest BCUT2D eigenvalue weighted by molar-refractivity contribution is 8.00. The van der Waals surface area contributed by atoms with Crippen molar-refractivity contribution in [2.75, 3.05) is 5.75 Å². The lowest BCUT2D eigenvalue weighted by Gasteiger charge is -2.07. The maximum Gasteiger partial charge on any atom is 0.173 e. The van der Waals surface area contributed by atoms with Crippen LogP contribution in [-0.4, -0.2) is 11.5 Å². The van der Waals surface area contributed by atoms with Crippen LogP contribution in [-0.2, 0) is 6.42 Å². The van der Waals surface area contributed by atoms with Crippen LogP contribution in [0.2, 0.25) is 0 Å². The van der Waals surface area contributed by atoms with E-state index < -0.39 is 0 Å². The van der Waals surface area contributed by atoms with E-state index in [2.05, 4.69) is 45.0 Å². The SMILES string of the molecule is CCc1ccc(C(=O)CSc2ccc(C(C)C)cc2)cc1. The molecule has 110 valence electrons. The van der Waals surface area contributed by atoms with Gasteiger partial charge in [0.2, 0.25) is 0 Å². The zero-order chi connectivity index (χ0) is 15.2. The van der Waals surface area contributed by atoms with Crippen LogP contribution in [0.1, 0.15) is 48.2 Å². The zero-order valence-corrected chi connectivity index (χ0v) is 13.7. The van der Waals surface area contributed by atoms with Crippen LogP contribution >= 0.6 is 11.8 Å². The second kappa shape index (κ2) is 7.46. The van der Waals surface area contributed by atoms with Gasteiger partial charge in [0.1, 0.15) is 0 Å². The molecule has 0 aliphatic carbocycles. The third kappa shape index (κ3) is 4.47. The quantitative estimate of drug-likeness (QED) is 0.528. The van der Waals surface area contributed by atoms with Crippen LogP contribution in [0.15, 0.2) is 53.4 Å². The summed E-state index contributed by atoms with van der Waals surface area (Å²) in [5, 5.41) is 0. The summed E-state index contributed by atoms with van der Waals surface area (Å²) in [5.74, 6) is 1.23. The zero-order valence-electron chi connectivity index (χ0n) is 12.9. The van der Waals surface area contributed by atoms with Crippen molar-refractivity contribution < 1.29 is 4.79 Å². The van der Waals surface area contributed by atoms with Crippen molar-refractivity contribution in [3.8, 4) is 0 Å². The van der Waals surface area contributed by atoms with Crippen LogP contribution in [0.25, 0.3) is 0 Å². The van der Waals surface area contributed by atoms with Gasteiger partial charge in [0.25, 0.3) is 0 Å². The van der Waals surface area contributed by atoms with E-state index in [1.807, 2.05) is 24.3 Å². The number of aryl methyl sites for hydroxylation is 1. The molecule has 0 amide bonds. The summed E-state index contributed by atoms with van der Waals surface area (Å²) in [6.45, 7) is 6.49. The van der Waals surface area contributed by atoms with E-state index in [0.717, 1.165) is 16.9 Å². The lowest BCUT2D eigenvalue weighted by atomic mass is 10.0. The molecule has 21 heavy (non-hydrogen) atoms. The molecule has 2 aromatic rings. The number of Topliss-reactive ketones (excluding diaryl/α,β-unsaturated/α-hetero) is 1. The normalized spacial score (nSPS) is 10.9. The fourth-order valence-electron chi connectivity index (χ4n) is 2.11. The maximum absolute atomic E-state index is 12.2. The first-order valence-corrected chi connectivity index (χ1v) is 8.43. The Hall–Kier alpha value is -1.54. The van der Waals surface area contributed by atoms with E-state index in [4.69, 9.17) is 0 Å². The highest BCUT2D eigenvalue weighted by Gasteiger charge is 2.07. The Labute approximate surface area is 131 Å². The largest absolute Gasteiger partial charge is 0.293 e. The highest BCUT2D eigenvalue weighted by atomic mass is 32.2. The Kier molecular flexibility index (Phi) is 5.63. The van der Waals surface area contributed by atoms with E-state index in [1.165, 1.54) is 11.1 Å². The summed E-state index contributed by atoms with van der Waals surface area (Å²) in [7, 11) is 0. The Morgan fingerprint density at radius 2 is 1.62 bits per heavy atom. The Balaban J connectivity index is 1.93. The molecule has 0 bridgehead atoms. The van der Waals surface area contributed by atoms with Gasteiger partial charge in [0.05, 0.1) is 5.75 Å². The van der Waals surface area contributed by atoms with Crippen molar-refractivity contribution >= 4 is 17.5 Å². The van der Waals surface area contributed by atoms with E-state index in [9.17, 15) is 4.79 Å².